The smallest absolute Gasteiger partial charge is 0.462 e. The molecule has 3 N–H and O–H groups in total. The molecule has 3 unspecified atom stereocenters. The number of aliphatic hydroxyl groups is 1. The summed E-state index contributed by atoms with van der Waals surface area (Å²) in [5.41, 5.74) is 0. The number of hydrogen-bond donors (Lipinski definition) is 3. The van der Waals surface area contributed by atoms with Gasteiger partial charge in [-0.05, 0) is 43.4 Å². The van der Waals surface area contributed by atoms with Gasteiger partial charge in [0.25, 0.3) is 0 Å². The third-order valence-corrected chi connectivity index (χ3v) is 18.1. The van der Waals surface area contributed by atoms with Gasteiger partial charge >= 0.3 is 39.5 Å². The molecule has 19 heteroatoms. The lowest BCUT2D eigenvalue weighted by atomic mass is 9.99. The van der Waals surface area contributed by atoms with E-state index in [1.54, 1.807) is 0 Å². The Labute approximate surface area is 537 Å². The zero-order chi connectivity index (χ0) is 65.2. The van der Waals surface area contributed by atoms with Gasteiger partial charge in [-0.15, -0.1) is 0 Å². The first-order valence-electron chi connectivity index (χ1n) is 35.9. The van der Waals surface area contributed by atoms with Gasteiger partial charge in [-0.25, -0.2) is 9.13 Å². The molecule has 0 heterocycles. The maximum absolute atomic E-state index is 13.0. The summed E-state index contributed by atoms with van der Waals surface area (Å²) >= 11 is 0. The summed E-state index contributed by atoms with van der Waals surface area (Å²) in [5, 5.41) is 10.6. The van der Waals surface area contributed by atoms with Gasteiger partial charge in [0.1, 0.15) is 19.3 Å². The fourth-order valence-electron chi connectivity index (χ4n) is 10.3. The molecule has 522 valence electrons. The predicted molar refractivity (Wildman–Crippen MR) is 354 cm³/mol. The highest BCUT2D eigenvalue weighted by Gasteiger charge is 2.30. The fourth-order valence-corrected chi connectivity index (χ4v) is 11.9. The number of esters is 4. The van der Waals surface area contributed by atoms with Crippen LogP contribution in [0.3, 0.4) is 0 Å². The van der Waals surface area contributed by atoms with Crippen LogP contribution < -0.4 is 0 Å². The average molecular weight is 1300 g/mol. The number of phosphoric ester groups is 2. The van der Waals surface area contributed by atoms with E-state index in [1.807, 2.05) is 0 Å². The lowest BCUT2D eigenvalue weighted by molar-refractivity contribution is -0.161. The maximum atomic E-state index is 13.0. The van der Waals surface area contributed by atoms with E-state index >= 15 is 0 Å². The summed E-state index contributed by atoms with van der Waals surface area (Å²) in [5.74, 6) is 0.105. The Morgan fingerprint density at radius 1 is 0.330 bits per heavy atom. The van der Waals surface area contributed by atoms with Crippen molar-refractivity contribution in [2.24, 2.45) is 17.8 Å². The third-order valence-electron chi connectivity index (χ3n) is 16.2. The molecule has 0 aliphatic heterocycles. The van der Waals surface area contributed by atoms with Gasteiger partial charge < -0.3 is 33.8 Å². The van der Waals surface area contributed by atoms with Crippen molar-refractivity contribution in [1.82, 2.24) is 0 Å². The van der Waals surface area contributed by atoms with E-state index in [9.17, 15) is 43.2 Å². The molecule has 88 heavy (non-hydrogen) atoms. The summed E-state index contributed by atoms with van der Waals surface area (Å²) in [6.07, 6.45) is 43.1. The number of rotatable bonds is 67. The summed E-state index contributed by atoms with van der Waals surface area (Å²) in [4.78, 5) is 72.5. The van der Waals surface area contributed by atoms with Crippen LogP contribution in [0, 0.1) is 17.8 Å². The molecule has 0 aromatic rings. The van der Waals surface area contributed by atoms with Gasteiger partial charge in [-0.2, -0.15) is 0 Å². The summed E-state index contributed by atoms with van der Waals surface area (Å²) in [6, 6.07) is 0. The van der Waals surface area contributed by atoms with Crippen molar-refractivity contribution in [3.63, 3.8) is 0 Å². The van der Waals surface area contributed by atoms with E-state index in [0.717, 1.165) is 108 Å². The lowest BCUT2D eigenvalue weighted by Gasteiger charge is -2.21. The molecule has 0 spiro atoms. The maximum Gasteiger partial charge on any atom is 0.472 e. The topological polar surface area (TPSA) is 237 Å². The van der Waals surface area contributed by atoms with Crippen molar-refractivity contribution in [2.75, 3.05) is 39.6 Å². The first-order valence-corrected chi connectivity index (χ1v) is 38.9. The van der Waals surface area contributed by atoms with Crippen LogP contribution in [0.4, 0.5) is 0 Å². The molecule has 0 aliphatic carbocycles. The highest BCUT2D eigenvalue weighted by Crippen LogP contribution is 2.45. The Hall–Kier alpha value is -1.94. The van der Waals surface area contributed by atoms with Gasteiger partial charge in [-0.1, -0.05) is 292 Å². The van der Waals surface area contributed by atoms with E-state index in [1.165, 1.54) is 148 Å². The van der Waals surface area contributed by atoms with Gasteiger partial charge in [-0.3, -0.25) is 37.3 Å². The molecule has 6 atom stereocenters. The number of unbranched alkanes of at least 4 members (excludes halogenated alkanes) is 34. The van der Waals surface area contributed by atoms with E-state index in [2.05, 4.69) is 48.5 Å². The van der Waals surface area contributed by atoms with Crippen LogP contribution >= 0.6 is 15.6 Å². The van der Waals surface area contributed by atoms with Crippen LogP contribution in [-0.2, 0) is 65.4 Å². The molecule has 17 nitrogen and oxygen atoms in total. The van der Waals surface area contributed by atoms with Crippen LogP contribution in [0.2, 0.25) is 0 Å². The van der Waals surface area contributed by atoms with E-state index in [4.69, 9.17) is 37.0 Å². The zero-order valence-corrected chi connectivity index (χ0v) is 59.0. The Bertz CT molecular complexity index is 1730. The monoisotopic (exact) mass is 1300 g/mol. The minimum absolute atomic E-state index is 0.106. The Kier molecular flexibility index (Phi) is 58.7. The molecule has 0 aromatic heterocycles. The SMILES string of the molecule is CCCCCCCCCCCCCCC(=O)O[C@H](COC(=O)CCCCCCCCC(C)C)COP(=O)(O)OC[C@H](O)COP(=O)(O)OC[C@@H](COC(=O)CCCCCCCCCCC(C)CC)OC(=O)CCCCCCCCCCCCCCC(C)C. The van der Waals surface area contributed by atoms with Crippen LogP contribution in [0.25, 0.3) is 0 Å². The second kappa shape index (κ2) is 60.0. The van der Waals surface area contributed by atoms with Crippen molar-refractivity contribution >= 4 is 39.5 Å². The van der Waals surface area contributed by atoms with Crippen molar-refractivity contribution < 1.29 is 80.2 Å². The largest absolute Gasteiger partial charge is 0.472 e. The molecule has 0 amide bonds. The number of carbonyl (C=O) groups excluding carboxylic acids is 4. The van der Waals surface area contributed by atoms with E-state index in [-0.39, 0.29) is 25.7 Å². The second-order valence-electron chi connectivity index (χ2n) is 26.1. The molecule has 0 rings (SSSR count). The van der Waals surface area contributed by atoms with Gasteiger partial charge in [0.05, 0.1) is 26.4 Å². The van der Waals surface area contributed by atoms with Crippen LogP contribution in [0.5, 0.6) is 0 Å². The normalized spacial score (nSPS) is 14.5. The highest BCUT2D eigenvalue weighted by molar-refractivity contribution is 7.47. The fraction of sp³-hybridized carbons (Fsp3) is 0.942. The molecule has 0 radical (unpaired) electrons. The number of ether oxygens (including phenoxy) is 4. The van der Waals surface area contributed by atoms with Crippen LogP contribution in [0.15, 0.2) is 0 Å². The third kappa shape index (κ3) is 61.6. The summed E-state index contributed by atoms with van der Waals surface area (Å²) < 4.78 is 68.2. The van der Waals surface area contributed by atoms with Crippen molar-refractivity contribution in [3.8, 4) is 0 Å². The Balaban J connectivity index is 5.25. The second-order valence-corrected chi connectivity index (χ2v) is 29.0. The van der Waals surface area contributed by atoms with Crippen LogP contribution in [-0.4, -0.2) is 96.7 Å². The molecule has 0 saturated heterocycles. The average Bonchev–Trinajstić information content (AvgIpc) is 3.56. The number of hydrogen-bond acceptors (Lipinski definition) is 15. The Morgan fingerprint density at radius 3 is 0.864 bits per heavy atom. The minimum Gasteiger partial charge on any atom is -0.462 e. The van der Waals surface area contributed by atoms with Crippen molar-refractivity contribution in [1.29, 1.82) is 0 Å². The van der Waals surface area contributed by atoms with Crippen molar-refractivity contribution in [2.45, 2.75) is 362 Å². The molecular weight excluding hydrogens is 1160 g/mol. The first kappa shape index (κ1) is 86.1. The number of phosphoric acid groups is 2. The standard InChI is InChI=1S/C69H134O17P2/c1-8-10-11-12-13-14-15-19-22-29-38-45-52-68(73)86-65(57-80-67(72)51-44-37-32-31-34-41-48-61(5)6)59-84-88(77,78)82-55-63(70)54-81-87(75,76)83-58-64(56-79-66(71)50-43-36-28-25-24-27-35-42-49-62(7)9-2)85-69(74)53-46-39-30-23-20-17-16-18-21-26-33-40-47-60(3)4/h60-65,70H,8-59H2,1-7H3,(H,75,76)(H,77,78)/t62?,63-,64-,65-/m1/s1. The van der Waals surface area contributed by atoms with Gasteiger partial charge in [0.2, 0.25) is 0 Å². The highest BCUT2D eigenvalue weighted by atomic mass is 31.2. The van der Waals surface area contributed by atoms with Crippen LogP contribution in [0.1, 0.15) is 344 Å². The van der Waals surface area contributed by atoms with Gasteiger partial charge in [0, 0.05) is 25.7 Å². The zero-order valence-electron chi connectivity index (χ0n) is 57.2. The Morgan fingerprint density at radius 2 is 0.580 bits per heavy atom. The number of carbonyl (C=O) groups is 4. The number of aliphatic hydroxyl groups excluding tert-OH is 1. The molecular formula is C69H134O17P2. The molecule has 0 fully saturated rings. The van der Waals surface area contributed by atoms with E-state index in [0.29, 0.717) is 31.6 Å². The minimum atomic E-state index is -4.95. The first-order chi connectivity index (χ1) is 42.3. The van der Waals surface area contributed by atoms with E-state index < -0.39 is 97.5 Å². The lowest BCUT2D eigenvalue weighted by Crippen LogP contribution is -2.30. The molecule has 0 bridgehead atoms. The summed E-state index contributed by atoms with van der Waals surface area (Å²) in [7, 11) is -9.90. The summed E-state index contributed by atoms with van der Waals surface area (Å²) in [6.45, 7) is 11.8. The molecule has 0 aromatic carbocycles. The molecule has 0 aliphatic rings. The van der Waals surface area contributed by atoms with Gasteiger partial charge in [0.15, 0.2) is 12.2 Å². The van der Waals surface area contributed by atoms with Crippen molar-refractivity contribution in [3.05, 3.63) is 0 Å². The quantitative estimate of drug-likeness (QED) is 0.0222. The predicted octanol–water partition coefficient (Wildman–Crippen LogP) is 19.5. The molecule has 0 saturated carbocycles.